The molecule has 3 N–H and O–H groups in total. The maximum Gasteiger partial charge on any atom is 0.250 e. The summed E-state index contributed by atoms with van der Waals surface area (Å²) < 4.78 is 29.2. The van der Waals surface area contributed by atoms with Gasteiger partial charge >= 0.3 is 0 Å². The SMILES string of the molecule is N=C(CC(NS(=O)(=O)c1ccc(-c2ccccn2)s1)c1ccccc1O)c1cccnc1. The molecule has 0 aliphatic heterocycles. The number of aromatic nitrogens is 2. The number of hydrogen-bond donors (Lipinski definition) is 3. The summed E-state index contributed by atoms with van der Waals surface area (Å²) in [5, 5.41) is 18.8. The molecule has 0 aliphatic rings. The molecule has 4 aromatic rings. The van der Waals surface area contributed by atoms with Gasteiger partial charge in [0.1, 0.15) is 9.96 Å². The zero-order valence-corrected chi connectivity index (χ0v) is 18.5. The Morgan fingerprint density at radius 1 is 1.03 bits per heavy atom. The highest BCUT2D eigenvalue weighted by molar-refractivity contribution is 7.91. The number of thiophene rings is 1. The van der Waals surface area contributed by atoms with Crippen LogP contribution in [0, 0.1) is 5.41 Å². The summed E-state index contributed by atoms with van der Waals surface area (Å²) in [6, 6.07) is 17.8. The van der Waals surface area contributed by atoms with Gasteiger partial charge in [0.25, 0.3) is 10.0 Å². The monoisotopic (exact) mass is 464 g/mol. The molecule has 0 aliphatic carbocycles. The number of phenols is 1. The highest BCUT2D eigenvalue weighted by Crippen LogP contribution is 2.32. The Labute approximate surface area is 190 Å². The van der Waals surface area contributed by atoms with Crippen molar-refractivity contribution in [3.05, 3.63) is 96.4 Å². The van der Waals surface area contributed by atoms with Gasteiger partial charge in [-0.1, -0.05) is 30.3 Å². The number of aromatic hydroxyl groups is 1. The van der Waals surface area contributed by atoms with Crippen molar-refractivity contribution >= 4 is 27.1 Å². The molecular formula is C23H20N4O3S2. The van der Waals surface area contributed by atoms with E-state index < -0.39 is 16.1 Å². The topological polar surface area (TPSA) is 116 Å². The quantitative estimate of drug-likeness (QED) is 0.335. The van der Waals surface area contributed by atoms with E-state index in [1.165, 1.54) is 12.1 Å². The number of rotatable bonds is 8. The number of pyridine rings is 2. The van der Waals surface area contributed by atoms with Crippen LogP contribution < -0.4 is 4.72 Å². The molecule has 7 nitrogen and oxygen atoms in total. The van der Waals surface area contributed by atoms with Gasteiger partial charge in [-0.15, -0.1) is 11.3 Å². The Balaban J connectivity index is 1.64. The molecule has 32 heavy (non-hydrogen) atoms. The van der Waals surface area contributed by atoms with Crippen molar-refractivity contribution in [1.82, 2.24) is 14.7 Å². The maximum atomic E-state index is 13.2. The third-order valence-electron chi connectivity index (χ3n) is 4.79. The molecule has 3 heterocycles. The Hall–Kier alpha value is -3.40. The van der Waals surface area contributed by atoms with Crippen LogP contribution in [0.2, 0.25) is 0 Å². The second kappa shape index (κ2) is 9.39. The molecule has 3 aromatic heterocycles. The number of sulfonamides is 1. The molecule has 0 saturated carbocycles. The standard InChI is InChI=1S/C23H20N4O3S2/c24-18(16-6-5-12-25-15-16)14-20(17-7-1-2-9-21(17)28)27-32(29,30)23-11-10-22(31-23)19-8-3-4-13-26-19/h1-13,15,20,24,27-28H,14H2. The van der Waals surface area contributed by atoms with Gasteiger partial charge in [-0.2, -0.15) is 0 Å². The van der Waals surface area contributed by atoms with Crippen molar-refractivity contribution in [3.8, 4) is 16.3 Å². The highest BCUT2D eigenvalue weighted by atomic mass is 32.2. The lowest BCUT2D eigenvalue weighted by atomic mass is 9.98. The van der Waals surface area contributed by atoms with Crippen LogP contribution in [-0.2, 0) is 10.0 Å². The van der Waals surface area contributed by atoms with Crippen LogP contribution in [0.3, 0.4) is 0 Å². The molecule has 162 valence electrons. The van der Waals surface area contributed by atoms with Crippen molar-refractivity contribution < 1.29 is 13.5 Å². The van der Waals surface area contributed by atoms with Gasteiger partial charge in [0.05, 0.1) is 16.6 Å². The van der Waals surface area contributed by atoms with Crippen LogP contribution in [0.15, 0.2) is 89.5 Å². The van der Waals surface area contributed by atoms with E-state index in [4.69, 9.17) is 5.41 Å². The summed E-state index contributed by atoms with van der Waals surface area (Å²) >= 11 is 1.11. The molecule has 0 fully saturated rings. The fourth-order valence-corrected chi connectivity index (χ4v) is 5.73. The first-order valence-electron chi connectivity index (χ1n) is 9.73. The highest BCUT2D eigenvalue weighted by Gasteiger charge is 2.26. The van der Waals surface area contributed by atoms with E-state index in [1.807, 2.05) is 12.1 Å². The number of nitrogens with zero attached hydrogens (tertiary/aromatic N) is 2. The number of benzene rings is 1. The fourth-order valence-electron chi connectivity index (χ4n) is 3.22. The number of nitrogens with one attached hydrogen (secondary N) is 2. The molecule has 0 saturated heterocycles. The molecule has 0 spiro atoms. The van der Waals surface area contributed by atoms with E-state index in [-0.39, 0.29) is 22.1 Å². The van der Waals surface area contributed by atoms with Crippen LogP contribution in [0.1, 0.15) is 23.6 Å². The first-order valence-corrected chi connectivity index (χ1v) is 12.0. The zero-order valence-electron chi connectivity index (χ0n) is 16.8. The maximum absolute atomic E-state index is 13.2. The average Bonchev–Trinajstić information content (AvgIpc) is 3.32. The lowest BCUT2D eigenvalue weighted by molar-refractivity contribution is 0.458. The molecule has 4 rings (SSSR count). The molecule has 0 radical (unpaired) electrons. The minimum Gasteiger partial charge on any atom is -0.508 e. The fraction of sp³-hybridized carbons (Fsp3) is 0.0870. The van der Waals surface area contributed by atoms with Crippen LogP contribution in [0.4, 0.5) is 0 Å². The molecule has 0 amide bonds. The Bertz CT molecular complexity index is 1320. The normalized spacial score (nSPS) is 12.4. The van der Waals surface area contributed by atoms with Crippen molar-refractivity contribution in [2.24, 2.45) is 0 Å². The second-order valence-electron chi connectivity index (χ2n) is 6.99. The minimum atomic E-state index is -3.92. The smallest absolute Gasteiger partial charge is 0.250 e. The summed E-state index contributed by atoms with van der Waals surface area (Å²) in [6.07, 6.45) is 4.85. The second-order valence-corrected chi connectivity index (χ2v) is 10.0. The van der Waals surface area contributed by atoms with Crippen LogP contribution in [0.25, 0.3) is 10.6 Å². The van der Waals surface area contributed by atoms with Gasteiger partial charge in [-0.05, 0) is 36.4 Å². The van der Waals surface area contributed by atoms with E-state index in [0.717, 1.165) is 16.2 Å². The van der Waals surface area contributed by atoms with E-state index in [9.17, 15) is 13.5 Å². The average molecular weight is 465 g/mol. The summed E-state index contributed by atoms with van der Waals surface area (Å²) in [6.45, 7) is 0. The van der Waals surface area contributed by atoms with Gasteiger partial charge in [0.2, 0.25) is 0 Å². The van der Waals surface area contributed by atoms with E-state index in [1.54, 1.807) is 61.1 Å². The van der Waals surface area contributed by atoms with Crippen molar-refractivity contribution in [1.29, 1.82) is 5.41 Å². The lowest BCUT2D eigenvalue weighted by Crippen LogP contribution is -2.30. The summed E-state index contributed by atoms with van der Waals surface area (Å²) in [5.41, 5.74) is 1.87. The van der Waals surface area contributed by atoms with Gasteiger partial charge in [0, 0.05) is 41.8 Å². The third-order valence-corrected chi connectivity index (χ3v) is 7.86. The van der Waals surface area contributed by atoms with Crippen LogP contribution >= 0.6 is 11.3 Å². The predicted molar refractivity (Wildman–Crippen MR) is 124 cm³/mol. The van der Waals surface area contributed by atoms with E-state index >= 15 is 0 Å². The molecule has 1 atom stereocenters. The molecule has 0 bridgehead atoms. The first-order chi connectivity index (χ1) is 15.4. The van der Waals surface area contributed by atoms with Crippen LogP contribution in [-0.4, -0.2) is 29.2 Å². The predicted octanol–water partition coefficient (Wildman–Crippen LogP) is 4.39. The summed E-state index contributed by atoms with van der Waals surface area (Å²) in [4.78, 5) is 9.02. The Morgan fingerprint density at radius 3 is 2.56 bits per heavy atom. The molecule has 1 aromatic carbocycles. The minimum absolute atomic E-state index is 0.0421. The van der Waals surface area contributed by atoms with E-state index in [2.05, 4.69) is 14.7 Å². The molecule has 9 heteroatoms. The van der Waals surface area contributed by atoms with Crippen molar-refractivity contribution in [2.45, 2.75) is 16.7 Å². The van der Waals surface area contributed by atoms with Crippen LogP contribution in [0.5, 0.6) is 5.75 Å². The summed E-state index contributed by atoms with van der Waals surface area (Å²) in [5.74, 6) is -0.0421. The summed E-state index contributed by atoms with van der Waals surface area (Å²) in [7, 11) is -3.92. The third kappa shape index (κ3) is 4.91. The van der Waals surface area contributed by atoms with Crippen molar-refractivity contribution in [3.63, 3.8) is 0 Å². The van der Waals surface area contributed by atoms with Gasteiger partial charge in [-0.25, -0.2) is 13.1 Å². The Kier molecular flexibility index (Phi) is 6.40. The van der Waals surface area contributed by atoms with Crippen molar-refractivity contribution in [2.75, 3.05) is 0 Å². The largest absolute Gasteiger partial charge is 0.508 e. The lowest BCUT2D eigenvalue weighted by Gasteiger charge is -2.20. The van der Waals surface area contributed by atoms with Gasteiger partial charge in [-0.3, -0.25) is 9.97 Å². The Morgan fingerprint density at radius 2 is 1.84 bits per heavy atom. The van der Waals surface area contributed by atoms with Gasteiger partial charge in [0.15, 0.2) is 0 Å². The molecule has 1 unspecified atom stereocenters. The first kappa shape index (κ1) is 21.8. The molecular weight excluding hydrogens is 444 g/mol. The number of para-hydroxylation sites is 1. The van der Waals surface area contributed by atoms with Gasteiger partial charge < -0.3 is 10.5 Å². The van der Waals surface area contributed by atoms with E-state index in [0.29, 0.717) is 16.8 Å². The zero-order chi connectivity index (χ0) is 22.6. The number of phenolic OH excluding ortho intramolecular Hbond substituents is 1. The number of hydrogen-bond acceptors (Lipinski definition) is 7.